The van der Waals surface area contributed by atoms with Gasteiger partial charge in [0.25, 0.3) is 0 Å². The van der Waals surface area contributed by atoms with Gasteiger partial charge in [0.15, 0.2) is 0 Å². The van der Waals surface area contributed by atoms with Crippen molar-refractivity contribution in [3.8, 4) is 0 Å². The molecule has 1 saturated heterocycles. The summed E-state index contributed by atoms with van der Waals surface area (Å²) in [6.45, 7) is 4.50. The highest BCUT2D eigenvalue weighted by atomic mass is 16.5. The highest BCUT2D eigenvalue weighted by Crippen LogP contribution is 2.21. The zero-order chi connectivity index (χ0) is 11.4. The van der Waals surface area contributed by atoms with E-state index in [4.69, 9.17) is 9.63 Å². The Bertz CT molecular complexity index is 325. The van der Waals surface area contributed by atoms with Crippen molar-refractivity contribution in [2.75, 3.05) is 13.1 Å². The first-order valence-corrected chi connectivity index (χ1v) is 6.12. The van der Waals surface area contributed by atoms with Crippen molar-refractivity contribution >= 4 is 0 Å². The van der Waals surface area contributed by atoms with Gasteiger partial charge in [0, 0.05) is 18.0 Å². The number of hydrogen-bond donors (Lipinski definition) is 1. The van der Waals surface area contributed by atoms with Crippen molar-refractivity contribution in [1.29, 1.82) is 0 Å². The van der Waals surface area contributed by atoms with Gasteiger partial charge in [-0.25, -0.2) is 0 Å². The van der Waals surface area contributed by atoms with E-state index in [0.29, 0.717) is 6.04 Å². The molecular weight excluding hydrogens is 204 g/mol. The number of nitrogens with zero attached hydrogens (tertiary/aromatic N) is 2. The van der Waals surface area contributed by atoms with Crippen LogP contribution < -0.4 is 0 Å². The molecule has 1 aromatic heterocycles. The summed E-state index contributed by atoms with van der Waals surface area (Å²) in [5, 5.41) is 12.9. The number of likely N-dealkylation sites (tertiary alicyclic amines) is 1. The topological polar surface area (TPSA) is 49.5 Å². The smallest absolute Gasteiger partial charge is 0.143 e. The molecule has 4 nitrogen and oxygen atoms in total. The average Bonchev–Trinajstić information content (AvgIpc) is 2.77. The first kappa shape index (κ1) is 11.6. The van der Waals surface area contributed by atoms with Crippen LogP contribution in [0.4, 0.5) is 0 Å². The summed E-state index contributed by atoms with van der Waals surface area (Å²) >= 11 is 0. The van der Waals surface area contributed by atoms with Crippen LogP contribution in [0, 0.1) is 0 Å². The summed E-state index contributed by atoms with van der Waals surface area (Å²) in [5.74, 6) is 0.854. The highest BCUT2D eigenvalue weighted by molar-refractivity contribution is 5.13. The molecule has 0 amide bonds. The Morgan fingerprint density at radius 1 is 1.56 bits per heavy atom. The van der Waals surface area contributed by atoms with Gasteiger partial charge in [-0.15, -0.1) is 0 Å². The standard InChI is InChI=1S/C12H20N2O2/c1-2-14-6-4-3-5-11(14)7-12-10(9-15)8-13-16-12/h8,11,15H,2-7,9H2,1H3. The van der Waals surface area contributed by atoms with E-state index in [1.165, 1.54) is 25.8 Å². The summed E-state index contributed by atoms with van der Waals surface area (Å²) in [5.41, 5.74) is 0.835. The van der Waals surface area contributed by atoms with Crippen molar-refractivity contribution in [3.63, 3.8) is 0 Å². The predicted octanol–water partition coefficient (Wildman–Crippen LogP) is 1.58. The lowest BCUT2D eigenvalue weighted by Crippen LogP contribution is -2.40. The Morgan fingerprint density at radius 2 is 2.44 bits per heavy atom. The van der Waals surface area contributed by atoms with Crippen LogP contribution in [0.15, 0.2) is 10.7 Å². The van der Waals surface area contributed by atoms with Gasteiger partial charge in [-0.2, -0.15) is 0 Å². The van der Waals surface area contributed by atoms with Gasteiger partial charge in [0.2, 0.25) is 0 Å². The summed E-state index contributed by atoms with van der Waals surface area (Å²) in [6.07, 6.45) is 6.31. The number of aliphatic hydroxyl groups excluding tert-OH is 1. The predicted molar refractivity (Wildman–Crippen MR) is 61.0 cm³/mol. The fourth-order valence-electron chi connectivity index (χ4n) is 2.50. The van der Waals surface area contributed by atoms with Crippen molar-refractivity contribution in [3.05, 3.63) is 17.5 Å². The molecule has 1 atom stereocenters. The Balaban J connectivity index is 2.02. The molecule has 2 heterocycles. The monoisotopic (exact) mass is 224 g/mol. The van der Waals surface area contributed by atoms with Crippen molar-refractivity contribution in [2.45, 2.75) is 45.3 Å². The molecule has 0 spiro atoms. The summed E-state index contributed by atoms with van der Waals surface area (Å²) in [4.78, 5) is 2.49. The molecule has 1 unspecified atom stereocenters. The molecule has 1 aromatic rings. The minimum atomic E-state index is 0.0255. The molecule has 0 bridgehead atoms. The minimum Gasteiger partial charge on any atom is -0.391 e. The SMILES string of the molecule is CCN1CCCCC1Cc1oncc1CO. The van der Waals surface area contributed by atoms with Gasteiger partial charge in [-0.05, 0) is 25.9 Å². The number of aromatic nitrogens is 1. The first-order valence-electron chi connectivity index (χ1n) is 6.12. The molecule has 1 fully saturated rings. The molecule has 1 aliphatic heterocycles. The summed E-state index contributed by atoms with van der Waals surface area (Å²) in [7, 11) is 0. The number of aliphatic hydroxyl groups is 1. The largest absolute Gasteiger partial charge is 0.391 e. The Hall–Kier alpha value is -0.870. The van der Waals surface area contributed by atoms with Crippen LogP contribution in [0.25, 0.3) is 0 Å². The number of rotatable bonds is 4. The van der Waals surface area contributed by atoms with Crippen LogP contribution in [-0.4, -0.2) is 34.3 Å². The van der Waals surface area contributed by atoms with Crippen LogP contribution in [-0.2, 0) is 13.0 Å². The second kappa shape index (κ2) is 5.46. The van der Waals surface area contributed by atoms with Gasteiger partial charge < -0.3 is 14.5 Å². The molecule has 90 valence electrons. The second-order valence-corrected chi connectivity index (χ2v) is 4.41. The Morgan fingerprint density at radius 3 is 3.19 bits per heavy atom. The van der Waals surface area contributed by atoms with Gasteiger partial charge >= 0.3 is 0 Å². The van der Waals surface area contributed by atoms with Gasteiger partial charge in [-0.3, -0.25) is 0 Å². The lowest BCUT2D eigenvalue weighted by Gasteiger charge is -2.34. The molecule has 1 aliphatic rings. The lowest BCUT2D eigenvalue weighted by molar-refractivity contribution is 0.147. The molecule has 0 aliphatic carbocycles. The summed E-state index contributed by atoms with van der Waals surface area (Å²) in [6, 6.07) is 0.553. The van der Waals surface area contributed by atoms with E-state index in [0.717, 1.165) is 24.3 Å². The minimum absolute atomic E-state index is 0.0255. The third-order valence-electron chi connectivity index (χ3n) is 3.48. The highest BCUT2D eigenvalue weighted by Gasteiger charge is 2.23. The van der Waals surface area contributed by atoms with Crippen molar-refractivity contribution < 1.29 is 9.63 Å². The molecule has 0 radical (unpaired) electrons. The zero-order valence-electron chi connectivity index (χ0n) is 9.85. The zero-order valence-corrected chi connectivity index (χ0v) is 9.85. The molecular formula is C12H20N2O2. The van der Waals surface area contributed by atoms with E-state index in [9.17, 15) is 0 Å². The van der Waals surface area contributed by atoms with Crippen LogP contribution in [0.5, 0.6) is 0 Å². The van der Waals surface area contributed by atoms with E-state index < -0.39 is 0 Å². The summed E-state index contributed by atoms with van der Waals surface area (Å²) < 4.78 is 5.21. The molecule has 16 heavy (non-hydrogen) atoms. The third kappa shape index (κ3) is 2.44. The Labute approximate surface area is 96.2 Å². The fraction of sp³-hybridized carbons (Fsp3) is 0.750. The van der Waals surface area contributed by atoms with E-state index in [1.807, 2.05) is 0 Å². The van der Waals surface area contributed by atoms with Gasteiger partial charge in [0.05, 0.1) is 12.8 Å². The normalized spacial score (nSPS) is 22.5. The fourth-order valence-corrected chi connectivity index (χ4v) is 2.50. The van der Waals surface area contributed by atoms with E-state index >= 15 is 0 Å². The third-order valence-corrected chi connectivity index (χ3v) is 3.48. The van der Waals surface area contributed by atoms with Crippen LogP contribution in [0.3, 0.4) is 0 Å². The second-order valence-electron chi connectivity index (χ2n) is 4.41. The maximum atomic E-state index is 9.15. The maximum Gasteiger partial charge on any atom is 0.143 e. The number of hydrogen-bond acceptors (Lipinski definition) is 4. The van der Waals surface area contributed by atoms with Gasteiger partial charge in [-0.1, -0.05) is 18.5 Å². The van der Waals surface area contributed by atoms with Crippen molar-refractivity contribution in [2.24, 2.45) is 0 Å². The van der Waals surface area contributed by atoms with Crippen LogP contribution in [0.2, 0.25) is 0 Å². The molecule has 0 saturated carbocycles. The van der Waals surface area contributed by atoms with E-state index in [1.54, 1.807) is 6.20 Å². The lowest BCUT2D eigenvalue weighted by atomic mass is 9.97. The van der Waals surface area contributed by atoms with Crippen molar-refractivity contribution in [1.82, 2.24) is 10.1 Å². The molecule has 4 heteroatoms. The Kier molecular flexibility index (Phi) is 3.96. The molecule has 2 rings (SSSR count). The number of piperidine rings is 1. The van der Waals surface area contributed by atoms with Crippen LogP contribution >= 0.6 is 0 Å². The van der Waals surface area contributed by atoms with E-state index in [-0.39, 0.29) is 6.61 Å². The molecule has 0 aromatic carbocycles. The number of likely N-dealkylation sites (N-methyl/N-ethyl adjacent to an activating group) is 1. The average molecular weight is 224 g/mol. The van der Waals surface area contributed by atoms with E-state index in [2.05, 4.69) is 17.0 Å². The quantitative estimate of drug-likeness (QED) is 0.843. The molecule has 1 N–H and O–H groups in total. The van der Waals surface area contributed by atoms with Gasteiger partial charge in [0.1, 0.15) is 5.76 Å². The first-order chi connectivity index (χ1) is 7.85. The maximum absolute atomic E-state index is 9.15. The van der Waals surface area contributed by atoms with Crippen LogP contribution in [0.1, 0.15) is 37.5 Å².